The maximum atomic E-state index is 12.5. The maximum Gasteiger partial charge on any atom is 0.274 e. The first-order valence-corrected chi connectivity index (χ1v) is 8.53. The average molecular weight is 388 g/mol. The predicted molar refractivity (Wildman–Crippen MR) is 103 cm³/mol. The molecule has 2 aromatic heterocycles. The molecule has 2 heterocycles. The van der Waals surface area contributed by atoms with Crippen molar-refractivity contribution in [1.29, 1.82) is 0 Å². The molecule has 0 aliphatic heterocycles. The van der Waals surface area contributed by atoms with Crippen LogP contribution < -0.4 is 10.6 Å². The Morgan fingerprint density at radius 3 is 2.65 bits per heavy atom. The van der Waals surface area contributed by atoms with E-state index >= 15 is 0 Å². The molecule has 0 saturated carbocycles. The van der Waals surface area contributed by atoms with Crippen molar-refractivity contribution in [3.8, 4) is 0 Å². The Bertz CT molecular complexity index is 934. The zero-order valence-corrected chi connectivity index (χ0v) is 15.3. The number of anilines is 2. The number of rotatable bonds is 5. The van der Waals surface area contributed by atoms with E-state index in [2.05, 4.69) is 25.6 Å². The first-order chi connectivity index (χ1) is 12.5. The molecule has 1 aromatic carbocycles. The Morgan fingerprint density at radius 2 is 1.92 bits per heavy atom. The normalized spacial score (nSPS) is 10.4. The van der Waals surface area contributed by atoms with Gasteiger partial charge in [-0.1, -0.05) is 29.3 Å². The minimum Gasteiger partial charge on any atom is -0.349 e. The molecule has 6 nitrogen and oxygen atoms in total. The summed E-state index contributed by atoms with van der Waals surface area (Å²) in [6.45, 7) is 2.25. The summed E-state index contributed by atoms with van der Waals surface area (Å²) in [7, 11) is 0. The lowest BCUT2D eigenvalue weighted by Gasteiger charge is -2.09. The van der Waals surface area contributed by atoms with E-state index in [-0.39, 0.29) is 11.6 Å². The number of benzene rings is 1. The molecule has 26 heavy (non-hydrogen) atoms. The Hall–Kier alpha value is -2.70. The number of carbonyl (C=O) groups excluding carboxylic acids is 1. The number of nitrogens with zero attached hydrogens (tertiary/aromatic N) is 3. The standard InChI is InChI=1S/C18H15Cl2N5O/c1-11-8-16(17(26)24-12-5-6-14(19)15(20)9-12)25-18(23-11)22-10-13-4-2-3-7-21-13/h2-9H,10H2,1H3,(H,24,26)(H,22,23,25). The van der Waals surface area contributed by atoms with Crippen molar-refractivity contribution < 1.29 is 4.79 Å². The lowest BCUT2D eigenvalue weighted by atomic mass is 10.3. The van der Waals surface area contributed by atoms with Crippen molar-refractivity contribution in [3.63, 3.8) is 0 Å². The molecule has 0 fully saturated rings. The van der Waals surface area contributed by atoms with Crippen molar-refractivity contribution in [2.45, 2.75) is 13.5 Å². The molecule has 132 valence electrons. The quantitative estimate of drug-likeness (QED) is 0.679. The molecule has 0 aliphatic rings. The van der Waals surface area contributed by atoms with Gasteiger partial charge in [0, 0.05) is 17.6 Å². The van der Waals surface area contributed by atoms with Gasteiger partial charge >= 0.3 is 0 Å². The van der Waals surface area contributed by atoms with Crippen LogP contribution in [-0.2, 0) is 6.54 Å². The van der Waals surface area contributed by atoms with Crippen molar-refractivity contribution in [1.82, 2.24) is 15.0 Å². The van der Waals surface area contributed by atoms with Crippen LogP contribution in [0.5, 0.6) is 0 Å². The summed E-state index contributed by atoms with van der Waals surface area (Å²) in [4.78, 5) is 25.3. The molecular weight excluding hydrogens is 373 g/mol. The highest BCUT2D eigenvalue weighted by molar-refractivity contribution is 6.42. The monoisotopic (exact) mass is 387 g/mol. The van der Waals surface area contributed by atoms with Crippen LogP contribution in [-0.4, -0.2) is 20.9 Å². The lowest BCUT2D eigenvalue weighted by Crippen LogP contribution is -2.16. The smallest absolute Gasteiger partial charge is 0.274 e. The summed E-state index contributed by atoms with van der Waals surface area (Å²) < 4.78 is 0. The minimum absolute atomic E-state index is 0.243. The van der Waals surface area contributed by atoms with Gasteiger partial charge in [0.1, 0.15) is 5.69 Å². The Balaban J connectivity index is 1.73. The van der Waals surface area contributed by atoms with Gasteiger partial charge in [-0.15, -0.1) is 0 Å². The summed E-state index contributed by atoms with van der Waals surface area (Å²) >= 11 is 11.9. The highest BCUT2D eigenvalue weighted by Crippen LogP contribution is 2.25. The number of hydrogen-bond acceptors (Lipinski definition) is 5. The number of aryl methyl sites for hydroxylation is 1. The van der Waals surface area contributed by atoms with Gasteiger partial charge < -0.3 is 10.6 Å². The Labute approximate surface area is 160 Å². The van der Waals surface area contributed by atoms with Crippen molar-refractivity contribution in [2.75, 3.05) is 10.6 Å². The van der Waals surface area contributed by atoms with Crippen molar-refractivity contribution >= 4 is 40.7 Å². The van der Waals surface area contributed by atoms with E-state index < -0.39 is 0 Å². The number of halogens is 2. The third kappa shape index (κ3) is 4.68. The molecule has 0 saturated heterocycles. The number of amides is 1. The fourth-order valence-corrected chi connectivity index (χ4v) is 2.50. The zero-order chi connectivity index (χ0) is 18.5. The highest BCUT2D eigenvalue weighted by atomic mass is 35.5. The average Bonchev–Trinajstić information content (AvgIpc) is 2.63. The third-order valence-electron chi connectivity index (χ3n) is 3.42. The van der Waals surface area contributed by atoms with Crippen LogP contribution in [0.2, 0.25) is 10.0 Å². The highest BCUT2D eigenvalue weighted by Gasteiger charge is 2.12. The summed E-state index contributed by atoms with van der Waals surface area (Å²) in [6, 6.07) is 12.1. The van der Waals surface area contributed by atoms with Crippen LogP contribution in [0.15, 0.2) is 48.7 Å². The lowest BCUT2D eigenvalue weighted by molar-refractivity contribution is 0.102. The fourth-order valence-electron chi connectivity index (χ4n) is 2.21. The van der Waals surface area contributed by atoms with E-state index in [1.54, 1.807) is 37.4 Å². The van der Waals surface area contributed by atoms with E-state index in [0.29, 0.717) is 33.9 Å². The molecule has 0 atom stereocenters. The van der Waals surface area contributed by atoms with E-state index in [1.807, 2.05) is 18.2 Å². The number of pyridine rings is 1. The van der Waals surface area contributed by atoms with Crippen LogP contribution in [0.4, 0.5) is 11.6 Å². The molecule has 0 bridgehead atoms. The van der Waals surface area contributed by atoms with Gasteiger partial charge in [0.05, 0.1) is 22.3 Å². The van der Waals surface area contributed by atoms with Crippen molar-refractivity contribution in [3.05, 3.63) is 75.8 Å². The summed E-state index contributed by atoms with van der Waals surface area (Å²) in [5.41, 5.74) is 2.29. The Morgan fingerprint density at radius 1 is 1.08 bits per heavy atom. The van der Waals surface area contributed by atoms with Gasteiger partial charge in [-0.2, -0.15) is 0 Å². The molecule has 1 amide bonds. The molecular formula is C18H15Cl2N5O. The number of nitrogens with one attached hydrogen (secondary N) is 2. The van der Waals surface area contributed by atoms with Gasteiger partial charge in [-0.3, -0.25) is 9.78 Å². The summed E-state index contributed by atoms with van der Waals surface area (Å²) in [6.07, 6.45) is 1.71. The van der Waals surface area contributed by atoms with Gasteiger partial charge in [0.2, 0.25) is 5.95 Å². The van der Waals surface area contributed by atoms with Gasteiger partial charge in [-0.25, -0.2) is 9.97 Å². The topological polar surface area (TPSA) is 79.8 Å². The largest absolute Gasteiger partial charge is 0.349 e. The SMILES string of the molecule is Cc1cc(C(=O)Nc2ccc(Cl)c(Cl)c2)nc(NCc2ccccn2)n1. The van der Waals surface area contributed by atoms with E-state index in [4.69, 9.17) is 23.2 Å². The molecule has 0 unspecified atom stereocenters. The fraction of sp³-hybridized carbons (Fsp3) is 0.111. The molecule has 3 rings (SSSR count). The van der Waals surface area contributed by atoms with Crippen LogP contribution in [0, 0.1) is 6.92 Å². The van der Waals surface area contributed by atoms with Gasteiger partial charge in [0.15, 0.2) is 0 Å². The van der Waals surface area contributed by atoms with Crippen LogP contribution >= 0.6 is 23.2 Å². The van der Waals surface area contributed by atoms with E-state index in [9.17, 15) is 4.79 Å². The first-order valence-electron chi connectivity index (χ1n) is 7.77. The molecule has 0 radical (unpaired) electrons. The van der Waals surface area contributed by atoms with Gasteiger partial charge in [-0.05, 0) is 43.3 Å². The summed E-state index contributed by atoms with van der Waals surface area (Å²) in [5, 5.41) is 6.60. The maximum absolute atomic E-state index is 12.5. The third-order valence-corrected chi connectivity index (χ3v) is 4.16. The molecule has 0 spiro atoms. The second kappa shape index (κ2) is 8.12. The van der Waals surface area contributed by atoms with Crippen LogP contribution in [0.3, 0.4) is 0 Å². The first kappa shape index (κ1) is 18.1. The molecule has 0 aliphatic carbocycles. The van der Waals surface area contributed by atoms with E-state index in [1.165, 1.54) is 0 Å². The predicted octanol–water partition coefficient (Wildman–Crippen LogP) is 4.35. The molecule has 2 N–H and O–H groups in total. The minimum atomic E-state index is -0.366. The van der Waals surface area contributed by atoms with Crippen molar-refractivity contribution in [2.24, 2.45) is 0 Å². The summed E-state index contributed by atoms with van der Waals surface area (Å²) in [5.74, 6) is -0.00952. The van der Waals surface area contributed by atoms with Crippen LogP contribution in [0.1, 0.15) is 21.9 Å². The number of aromatic nitrogens is 3. The molecule has 3 aromatic rings. The van der Waals surface area contributed by atoms with Crippen LogP contribution in [0.25, 0.3) is 0 Å². The second-order valence-electron chi connectivity index (χ2n) is 5.48. The van der Waals surface area contributed by atoms with Gasteiger partial charge in [0.25, 0.3) is 5.91 Å². The second-order valence-corrected chi connectivity index (χ2v) is 6.29. The molecule has 8 heteroatoms. The number of carbonyl (C=O) groups is 1. The zero-order valence-electron chi connectivity index (χ0n) is 13.8. The Kier molecular flexibility index (Phi) is 5.65. The van der Waals surface area contributed by atoms with E-state index in [0.717, 1.165) is 5.69 Å². The number of hydrogen-bond donors (Lipinski definition) is 2.